The van der Waals surface area contributed by atoms with Crippen molar-refractivity contribution in [3.8, 4) is 0 Å². The number of aryl methyl sites for hydroxylation is 1. The maximum Gasteiger partial charge on any atom is 0.252 e. The Bertz CT molecular complexity index is 4150. The molecule has 0 radical (unpaired) electrons. The summed E-state index contributed by atoms with van der Waals surface area (Å²) >= 11 is 0. The highest BCUT2D eigenvalue weighted by atomic mass is 16.3. The van der Waals surface area contributed by atoms with E-state index in [2.05, 4.69) is 249 Å². The van der Waals surface area contributed by atoms with Gasteiger partial charge in [-0.1, -0.05) is 172 Å². The third-order valence-electron chi connectivity index (χ3n) is 23.8. The third kappa shape index (κ3) is 7.24. The molecule has 2 unspecified atom stereocenters. The van der Waals surface area contributed by atoms with Gasteiger partial charge in [0.1, 0.15) is 11.2 Å². The highest BCUT2D eigenvalue weighted by molar-refractivity contribution is 7.00. The van der Waals surface area contributed by atoms with Crippen molar-refractivity contribution >= 4 is 90.5 Å². The molecule has 426 valence electrons. The van der Waals surface area contributed by atoms with Gasteiger partial charge in [0, 0.05) is 61.7 Å². The standard InChI is InChI=1S/C78H90BN3O/c1-46-35-52-57(76(15,16)45-75(52,13)14)42-62(46)81-64-44-56-54(72(7,8)32-34-74(56,11)12)41-60(64)79-59-40-53-55(73(9,10)33-31-71(53,5)6)43-63(59)80(48-26-28-68-51(37-48)50-23-19-20-24-67(50)83-68)65-38-49(39-66(81)69(65)79)82-61-27-25-47(70(2,3)4)36-58(61)77(17)29-21-22-30-78(77,82)18/h19-20,23-28,35-44H,21-22,29-34,45H2,1-18H3. The number of para-hydroxylation sites is 1. The molecule has 1 fully saturated rings. The van der Waals surface area contributed by atoms with E-state index in [0.717, 1.165) is 54.0 Å². The summed E-state index contributed by atoms with van der Waals surface area (Å²) in [5.41, 5.74) is 29.8. The van der Waals surface area contributed by atoms with Crippen molar-refractivity contribution < 1.29 is 4.42 Å². The molecule has 4 nitrogen and oxygen atoms in total. The Balaban J connectivity index is 1.12. The topological polar surface area (TPSA) is 22.9 Å². The largest absolute Gasteiger partial charge is 0.456 e. The first-order chi connectivity index (χ1) is 38.9. The Morgan fingerprint density at radius 2 is 0.940 bits per heavy atom. The zero-order chi connectivity index (χ0) is 58.5. The third-order valence-corrected chi connectivity index (χ3v) is 23.8. The van der Waals surface area contributed by atoms with Crippen LogP contribution < -0.4 is 31.1 Å². The van der Waals surface area contributed by atoms with E-state index in [0.29, 0.717) is 0 Å². The van der Waals surface area contributed by atoms with Crippen molar-refractivity contribution in [1.29, 1.82) is 0 Å². The first-order valence-corrected chi connectivity index (χ1v) is 32.0. The van der Waals surface area contributed by atoms with Crippen LogP contribution >= 0.6 is 0 Å². The molecule has 4 aliphatic carbocycles. The van der Waals surface area contributed by atoms with Gasteiger partial charge in [-0.2, -0.15) is 0 Å². The molecule has 7 aliphatic rings. The molecule has 0 amide bonds. The molecule has 3 aliphatic heterocycles. The van der Waals surface area contributed by atoms with Crippen LogP contribution in [-0.2, 0) is 43.3 Å². The average molecular weight is 1100 g/mol. The number of rotatable bonds is 3. The van der Waals surface area contributed by atoms with Crippen LogP contribution in [0.5, 0.6) is 0 Å². The van der Waals surface area contributed by atoms with E-state index in [4.69, 9.17) is 4.42 Å². The lowest BCUT2D eigenvalue weighted by Gasteiger charge is -2.52. The molecule has 0 spiro atoms. The van der Waals surface area contributed by atoms with E-state index in [1.807, 2.05) is 0 Å². The van der Waals surface area contributed by atoms with E-state index in [1.165, 1.54) is 138 Å². The number of anilines is 8. The van der Waals surface area contributed by atoms with Gasteiger partial charge in [0.05, 0.1) is 5.54 Å². The van der Waals surface area contributed by atoms with Crippen LogP contribution in [0.3, 0.4) is 0 Å². The lowest BCUT2D eigenvalue weighted by molar-refractivity contribution is 0.195. The second kappa shape index (κ2) is 16.6. The van der Waals surface area contributed by atoms with Gasteiger partial charge in [-0.05, 0) is 224 Å². The lowest BCUT2D eigenvalue weighted by Crippen LogP contribution is -2.62. The summed E-state index contributed by atoms with van der Waals surface area (Å²) in [7, 11) is 0. The Morgan fingerprint density at radius 3 is 1.55 bits per heavy atom. The van der Waals surface area contributed by atoms with E-state index in [1.54, 1.807) is 0 Å². The molecule has 1 aromatic heterocycles. The van der Waals surface area contributed by atoms with Crippen molar-refractivity contribution in [2.24, 2.45) is 0 Å². The second-order valence-corrected chi connectivity index (χ2v) is 33.0. The van der Waals surface area contributed by atoms with Crippen molar-refractivity contribution in [3.05, 3.63) is 159 Å². The summed E-state index contributed by atoms with van der Waals surface area (Å²) in [4.78, 5) is 8.45. The molecule has 5 heteroatoms. The maximum atomic E-state index is 6.66. The predicted molar refractivity (Wildman–Crippen MR) is 355 cm³/mol. The Kier molecular flexibility index (Phi) is 10.7. The summed E-state index contributed by atoms with van der Waals surface area (Å²) in [5, 5.41) is 2.31. The normalized spacial score (nSPS) is 24.2. The van der Waals surface area contributed by atoms with Crippen LogP contribution in [0.25, 0.3) is 21.9 Å². The molecule has 4 heterocycles. The van der Waals surface area contributed by atoms with Gasteiger partial charge in [0.2, 0.25) is 0 Å². The number of furan rings is 1. The summed E-state index contributed by atoms with van der Waals surface area (Å²) in [5.74, 6) is 0. The fourth-order valence-corrected chi connectivity index (χ4v) is 18.6. The molecular formula is C78H90BN3O. The monoisotopic (exact) mass is 1100 g/mol. The summed E-state index contributed by atoms with van der Waals surface area (Å²) in [6.07, 6.45) is 10.5. The van der Waals surface area contributed by atoms with Crippen molar-refractivity contribution in [2.45, 2.75) is 231 Å². The van der Waals surface area contributed by atoms with Crippen LogP contribution in [0.15, 0.2) is 114 Å². The van der Waals surface area contributed by atoms with Crippen molar-refractivity contribution in [2.75, 3.05) is 14.7 Å². The molecule has 7 aromatic carbocycles. The van der Waals surface area contributed by atoms with E-state index in [9.17, 15) is 0 Å². The van der Waals surface area contributed by atoms with Gasteiger partial charge in [-0.3, -0.25) is 0 Å². The van der Waals surface area contributed by atoms with Gasteiger partial charge < -0.3 is 19.1 Å². The number of hydrogen-bond acceptors (Lipinski definition) is 4. The summed E-state index contributed by atoms with van der Waals surface area (Å²) in [6, 6.07) is 44.9. The minimum absolute atomic E-state index is 0.00184. The van der Waals surface area contributed by atoms with Gasteiger partial charge in [-0.25, -0.2) is 0 Å². The number of fused-ring (bicyclic) bond motifs is 13. The predicted octanol–water partition coefficient (Wildman–Crippen LogP) is 19.7. The van der Waals surface area contributed by atoms with Crippen LogP contribution in [0.2, 0.25) is 0 Å². The summed E-state index contributed by atoms with van der Waals surface area (Å²) in [6.45, 7) is 44.9. The molecule has 0 bridgehead atoms. The lowest BCUT2D eigenvalue weighted by atomic mass is 9.32. The molecule has 8 aromatic rings. The Hall–Kier alpha value is -6.20. The van der Waals surface area contributed by atoms with Gasteiger partial charge in [-0.15, -0.1) is 0 Å². The SMILES string of the molecule is Cc1cc2c(cc1N1c3cc4c(cc3B3c5cc6c(cc5N(c5ccc7oc8ccccc8c7c5)c5cc(N7c8ccc(C(C)(C)C)cc8C8(C)CCCCC78C)cc1c53)C(C)(C)CCC6(C)C)C(C)(C)CCC4(C)C)C(C)(C)CC2(C)C. The van der Waals surface area contributed by atoms with E-state index < -0.39 is 0 Å². The molecule has 2 atom stereocenters. The quantitative estimate of drug-likeness (QED) is 0.165. The fraction of sp³-hybridized carbons (Fsp3) is 0.462. The zero-order valence-corrected chi connectivity index (χ0v) is 53.6. The second-order valence-electron chi connectivity index (χ2n) is 33.0. The number of benzene rings is 7. The highest BCUT2D eigenvalue weighted by Crippen LogP contribution is 2.63. The van der Waals surface area contributed by atoms with Gasteiger partial charge >= 0.3 is 0 Å². The number of nitrogens with zero attached hydrogens (tertiary/aromatic N) is 3. The van der Waals surface area contributed by atoms with Crippen molar-refractivity contribution in [1.82, 2.24) is 0 Å². The minimum atomic E-state index is -0.170. The molecule has 83 heavy (non-hydrogen) atoms. The van der Waals surface area contributed by atoms with E-state index >= 15 is 0 Å². The molecule has 0 N–H and O–H groups in total. The Labute approximate surface area is 497 Å². The van der Waals surface area contributed by atoms with Crippen molar-refractivity contribution in [3.63, 3.8) is 0 Å². The fourth-order valence-electron chi connectivity index (χ4n) is 18.6. The maximum absolute atomic E-state index is 6.66. The molecule has 1 saturated carbocycles. The Morgan fingerprint density at radius 1 is 0.422 bits per heavy atom. The highest BCUT2D eigenvalue weighted by Gasteiger charge is 2.59. The van der Waals surface area contributed by atoms with Crippen LogP contribution in [0.4, 0.5) is 45.5 Å². The molecule has 15 rings (SSSR count). The van der Waals surface area contributed by atoms with Crippen LogP contribution in [-0.4, -0.2) is 12.3 Å². The smallest absolute Gasteiger partial charge is 0.252 e. The van der Waals surface area contributed by atoms with Gasteiger partial charge in [0.15, 0.2) is 0 Å². The zero-order valence-electron chi connectivity index (χ0n) is 53.6. The first-order valence-electron chi connectivity index (χ1n) is 32.0. The first kappa shape index (κ1) is 53.5. The summed E-state index contributed by atoms with van der Waals surface area (Å²) < 4.78 is 6.66. The van der Waals surface area contributed by atoms with E-state index in [-0.39, 0.29) is 55.6 Å². The average Bonchev–Trinajstić information content (AvgIpc) is 2.41. The molecular weight excluding hydrogens is 1010 g/mol. The van der Waals surface area contributed by atoms with Gasteiger partial charge in [0.25, 0.3) is 6.71 Å². The number of hydrogen-bond donors (Lipinski definition) is 0. The minimum Gasteiger partial charge on any atom is -0.456 e. The molecule has 0 saturated heterocycles. The van der Waals surface area contributed by atoms with Crippen LogP contribution in [0.1, 0.15) is 226 Å². The van der Waals surface area contributed by atoms with Crippen LogP contribution in [0, 0.1) is 6.92 Å².